The lowest BCUT2D eigenvalue weighted by atomic mass is 10.1. The minimum absolute atomic E-state index is 0.108. The maximum absolute atomic E-state index is 12.1. The van der Waals surface area contributed by atoms with Crippen molar-refractivity contribution in [3.05, 3.63) is 70.6 Å². The highest BCUT2D eigenvalue weighted by molar-refractivity contribution is 7.99. The van der Waals surface area contributed by atoms with Gasteiger partial charge in [0.2, 0.25) is 11.8 Å². The first kappa shape index (κ1) is 18.5. The number of nitrogens with one attached hydrogen (secondary N) is 1. The van der Waals surface area contributed by atoms with E-state index < -0.39 is 0 Å². The Labute approximate surface area is 161 Å². The van der Waals surface area contributed by atoms with Crippen LogP contribution in [0.4, 0.5) is 6.01 Å². The first-order valence-corrected chi connectivity index (χ1v) is 9.57. The van der Waals surface area contributed by atoms with Gasteiger partial charge < -0.3 is 4.42 Å². The largest absolute Gasteiger partial charge is 0.407 e. The monoisotopic (exact) mass is 387 g/mol. The molecule has 0 saturated heterocycles. The Bertz CT molecular complexity index is 863. The van der Waals surface area contributed by atoms with Gasteiger partial charge >= 0.3 is 6.01 Å². The average molecular weight is 388 g/mol. The van der Waals surface area contributed by atoms with Crippen LogP contribution < -0.4 is 5.32 Å². The van der Waals surface area contributed by atoms with Gasteiger partial charge in [-0.05, 0) is 41.1 Å². The molecule has 134 valence electrons. The van der Waals surface area contributed by atoms with Crippen LogP contribution in [0.1, 0.15) is 23.9 Å². The van der Waals surface area contributed by atoms with Crippen molar-refractivity contribution in [3.8, 4) is 0 Å². The number of thioether (sulfide) groups is 1. The summed E-state index contributed by atoms with van der Waals surface area (Å²) in [6, 6.07) is 15.5. The molecule has 0 atom stereocenters. The maximum Gasteiger partial charge on any atom is 0.322 e. The Hall–Kier alpha value is -2.31. The average Bonchev–Trinajstić information content (AvgIpc) is 3.05. The molecule has 0 saturated carbocycles. The summed E-state index contributed by atoms with van der Waals surface area (Å²) in [6.45, 7) is 2.12. The van der Waals surface area contributed by atoms with Crippen LogP contribution in [0, 0.1) is 0 Å². The molecule has 0 fully saturated rings. The second kappa shape index (κ2) is 8.87. The van der Waals surface area contributed by atoms with E-state index in [1.54, 1.807) is 23.9 Å². The Morgan fingerprint density at radius 2 is 1.77 bits per heavy atom. The number of aromatic nitrogens is 2. The standard InChI is InChI=1S/C19H18ClN3O2S/c1-2-26-16-9-5-14(6-10-16)12-18-22-23-19(25-18)21-17(24)11-13-3-7-15(20)8-4-13/h3-10H,2,11-12H2,1H3,(H,21,23,24). The Morgan fingerprint density at radius 1 is 1.08 bits per heavy atom. The number of halogens is 1. The number of carbonyl (C=O) groups is 1. The SMILES string of the molecule is CCSc1ccc(Cc2nnc(NC(=O)Cc3ccc(Cl)cc3)o2)cc1. The van der Waals surface area contributed by atoms with Gasteiger partial charge in [0.05, 0.1) is 12.8 Å². The predicted molar refractivity (Wildman–Crippen MR) is 104 cm³/mol. The van der Waals surface area contributed by atoms with Gasteiger partial charge in [-0.1, -0.05) is 47.9 Å². The van der Waals surface area contributed by atoms with Crippen molar-refractivity contribution in [2.24, 2.45) is 0 Å². The fourth-order valence-electron chi connectivity index (χ4n) is 2.37. The highest BCUT2D eigenvalue weighted by Gasteiger charge is 2.11. The van der Waals surface area contributed by atoms with Crippen LogP contribution in [-0.4, -0.2) is 21.9 Å². The van der Waals surface area contributed by atoms with Crippen molar-refractivity contribution < 1.29 is 9.21 Å². The highest BCUT2D eigenvalue weighted by atomic mass is 35.5. The molecule has 3 rings (SSSR count). The smallest absolute Gasteiger partial charge is 0.322 e. The van der Waals surface area contributed by atoms with Crippen molar-refractivity contribution in [3.63, 3.8) is 0 Å². The van der Waals surface area contributed by atoms with E-state index in [-0.39, 0.29) is 18.3 Å². The molecule has 5 nitrogen and oxygen atoms in total. The molecule has 1 amide bonds. The zero-order chi connectivity index (χ0) is 18.4. The van der Waals surface area contributed by atoms with E-state index in [0.717, 1.165) is 16.9 Å². The van der Waals surface area contributed by atoms with Crippen LogP contribution in [0.15, 0.2) is 57.8 Å². The molecule has 0 aliphatic carbocycles. The third-order valence-corrected chi connectivity index (χ3v) is 4.73. The number of nitrogens with zero attached hydrogens (tertiary/aromatic N) is 2. The lowest BCUT2D eigenvalue weighted by Crippen LogP contribution is -2.14. The van der Waals surface area contributed by atoms with Gasteiger partial charge in [0.1, 0.15) is 0 Å². The molecule has 0 spiro atoms. The van der Waals surface area contributed by atoms with Crippen LogP contribution in [-0.2, 0) is 17.6 Å². The van der Waals surface area contributed by atoms with Crippen LogP contribution >= 0.6 is 23.4 Å². The number of carbonyl (C=O) groups excluding carboxylic acids is 1. The molecule has 0 aliphatic rings. The van der Waals surface area contributed by atoms with Crippen molar-refractivity contribution >= 4 is 35.3 Å². The maximum atomic E-state index is 12.1. The van der Waals surface area contributed by atoms with E-state index in [2.05, 4.69) is 34.6 Å². The summed E-state index contributed by atoms with van der Waals surface area (Å²) in [7, 11) is 0. The summed E-state index contributed by atoms with van der Waals surface area (Å²) in [6.07, 6.45) is 0.739. The molecule has 1 heterocycles. The summed E-state index contributed by atoms with van der Waals surface area (Å²) in [5.41, 5.74) is 1.94. The van der Waals surface area contributed by atoms with Crippen molar-refractivity contribution in [2.45, 2.75) is 24.7 Å². The van der Waals surface area contributed by atoms with Gasteiger partial charge in [-0.25, -0.2) is 0 Å². The molecule has 26 heavy (non-hydrogen) atoms. The molecule has 1 aromatic heterocycles. The molecule has 0 bridgehead atoms. The summed E-state index contributed by atoms with van der Waals surface area (Å²) in [5, 5.41) is 11.1. The molecular weight excluding hydrogens is 370 g/mol. The number of benzene rings is 2. The van der Waals surface area contributed by atoms with Gasteiger partial charge in [0, 0.05) is 9.92 Å². The third-order valence-electron chi connectivity index (χ3n) is 3.58. The number of rotatable bonds is 7. The van der Waals surface area contributed by atoms with Crippen molar-refractivity contribution in [1.82, 2.24) is 10.2 Å². The molecular formula is C19H18ClN3O2S. The zero-order valence-corrected chi connectivity index (χ0v) is 15.8. The lowest BCUT2D eigenvalue weighted by Gasteiger charge is -2.02. The topological polar surface area (TPSA) is 68.0 Å². The number of amides is 1. The molecule has 1 N–H and O–H groups in total. The Kier molecular flexibility index (Phi) is 6.30. The van der Waals surface area contributed by atoms with E-state index in [1.165, 1.54) is 4.90 Å². The summed E-state index contributed by atoms with van der Waals surface area (Å²) >= 11 is 7.63. The van der Waals surface area contributed by atoms with E-state index in [1.807, 2.05) is 24.3 Å². The minimum atomic E-state index is -0.219. The minimum Gasteiger partial charge on any atom is -0.407 e. The summed E-state index contributed by atoms with van der Waals surface area (Å²) in [4.78, 5) is 13.3. The van der Waals surface area contributed by atoms with Gasteiger partial charge in [0.25, 0.3) is 0 Å². The second-order valence-corrected chi connectivity index (χ2v) is 7.38. The van der Waals surface area contributed by atoms with Crippen LogP contribution in [0.5, 0.6) is 0 Å². The molecule has 0 radical (unpaired) electrons. The summed E-state index contributed by atoms with van der Waals surface area (Å²) < 4.78 is 5.51. The normalized spacial score (nSPS) is 10.7. The number of anilines is 1. The van der Waals surface area contributed by atoms with E-state index in [4.69, 9.17) is 16.0 Å². The fraction of sp³-hybridized carbons (Fsp3) is 0.211. The predicted octanol–water partition coefficient (Wildman–Crippen LogP) is 4.61. The second-order valence-electron chi connectivity index (χ2n) is 5.61. The number of hydrogen-bond acceptors (Lipinski definition) is 5. The summed E-state index contributed by atoms with van der Waals surface area (Å²) in [5.74, 6) is 1.29. The Morgan fingerprint density at radius 3 is 2.46 bits per heavy atom. The molecule has 0 aliphatic heterocycles. The molecule has 0 unspecified atom stereocenters. The van der Waals surface area contributed by atoms with Crippen LogP contribution in [0.2, 0.25) is 5.02 Å². The van der Waals surface area contributed by atoms with Crippen LogP contribution in [0.3, 0.4) is 0 Å². The zero-order valence-electron chi connectivity index (χ0n) is 14.2. The fourth-order valence-corrected chi connectivity index (χ4v) is 3.16. The van der Waals surface area contributed by atoms with E-state index in [9.17, 15) is 4.79 Å². The van der Waals surface area contributed by atoms with Gasteiger partial charge in [-0.3, -0.25) is 10.1 Å². The first-order valence-electron chi connectivity index (χ1n) is 8.21. The first-order chi connectivity index (χ1) is 12.6. The quantitative estimate of drug-likeness (QED) is 0.599. The van der Waals surface area contributed by atoms with Crippen molar-refractivity contribution in [2.75, 3.05) is 11.1 Å². The van der Waals surface area contributed by atoms with E-state index >= 15 is 0 Å². The van der Waals surface area contributed by atoms with Crippen LogP contribution in [0.25, 0.3) is 0 Å². The lowest BCUT2D eigenvalue weighted by molar-refractivity contribution is -0.115. The van der Waals surface area contributed by atoms with Gasteiger partial charge in [-0.15, -0.1) is 16.9 Å². The highest BCUT2D eigenvalue weighted by Crippen LogP contribution is 2.19. The van der Waals surface area contributed by atoms with Gasteiger partial charge in [0.15, 0.2) is 0 Å². The van der Waals surface area contributed by atoms with E-state index in [0.29, 0.717) is 17.3 Å². The molecule has 3 aromatic rings. The molecule has 2 aromatic carbocycles. The third kappa shape index (κ3) is 5.34. The molecule has 7 heteroatoms. The Balaban J connectivity index is 1.55. The van der Waals surface area contributed by atoms with Gasteiger partial charge in [-0.2, -0.15) is 0 Å². The van der Waals surface area contributed by atoms with Crippen molar-refractivity contribution in [1.29, 1.82) is 0 Å². The number of hydrogen-bond donors (Lipinski definition) is 1.